The molecule has 0 saturated carbocycles. The number of benzene rings is 2. The zero-order valence-corrected chi connectivity index (χ0v) is 14.8. The number of ether oxygens (including phenoxy) is 1. The van der Waals surface area contributed by atoms with E-state index in [-0.39, 0.29) is 12.2 Å². The molecule has 134 valence electrons. The molecule has 0 spiro atoms. The van der Waals surface area contributed by atoms with Crippen molar-refractivity contribution in [3.05, 3.63) is 70.8 Å². The van der Waals surface area contributed by atoms with E-state index in [2.05, 4.69) is 24.3 Å². The number of aromatic nitrogens is 2. The van der Waals surface area contributed by atoms with E-state index >= 15 is 0 Å². The lowest BCUT2D eigenvalue weighted by Gasteiger charge is -2.15. The molecule has 1 unspecified atom stereocenters. The molecule has 3 rings (SSSR count). The Morgan fingerprint density at radius 3 is 2.73 bits per heavy atom. The fourth-order valence-electron chi connectivity index (χ4n) is 2.70. The first-order valence-electron chi connectivity index (χ1n) is 8.58. The van der Waals surface area contributed by atoms with Crippen LogP contribution in [0, 0.1) is 0 Å². The van der Waals surface area contributed by atoms with Crippen molar-refractivity contribution in [3.63, 3.8) is 0 Å². The molecule has 0 aliphatic heterocycles. The van der Waals surface area contributed by atoms with E-state index in [1.807, 2.05) is 24.3 Å². The Labute approximate surface area is 151 Å². The fraction of sp³-hybridized carbons (Fsp3) is 0.250. The van der Waals surface area contributed by atoms with Gasteiger partial charge in [-0.2, -0.15) is 0 Å². The quantitative estimate of drug-likeness (QED) is 0.741. The number of hydrogen-bond donors (Lipinski definition) is 1. The summed E-state index contributed by atoms with van der Waals surface area (Å²) < 4.78 is 6.75. The van der Waals surface area contributed by atoms with Crippen LogP contribution in [0.1, 0.15) is 31.7 Å². The lowest BCUT2D eigenvalue weighted by atomic mass is 9.98. The molecule has 0 radical (unpaired) electrons. The van der Waals surface area contributed by atoms with E-state index in [1.165, 1.54) is 6.33 Å². The highest BCUT2D eigenvalue weighted by Gasteiger charge is 2.12. The van der Waals surface area contributed by atoms with Crippen LogP contribution in [0.4, 0.5) is 0 Å². The molecule has 6 heteroatoms. The summed E-state index contributed by atoms with van der Waals surface area (Å²) in [4.78, 5) is 28.8. The summed E-state index contributed by atoms with van der Waals surface area (Å²) >= 11 is 0. The zero-order chi connectivity index (χ0) is 18.5. The van der Waals surface area contributed by atoms with Gasteiger partial charge in [-0.3, -0.25) is 15.0 Å². The minimum absolute atomic E-state index is 0.188. The van der Waals surface area contributed by atoms with Gasteiger partial charge in [-0.15, -0.1) is 0 Å². The summed E-state index contributed by atoms with van der Waals surface area (Å²) in [6.45, 7) is 4.03. The second kappa shape index (κ2) is 7.82. The molecule has 1 atom stereocenters. The van der Waals surface area contributed by atoms with Crippen LogP contribution in [0.3, 0.4) is 0 Å². The number of fused-ring (bicyclic) bond motifs is 1. The van der Waals surface area contributed by atoms with Gasteiger partial charge in [0.05, 0.1) is 10.9 Å². The van der Waals surface area contributed by atoms with E-state index in [0.29, 0.717) is 22.6 Å². The maximum Gasteiger partial charge on any atom is 0.280 e. The van der Waals surface area contributed by atoms with Crippen molar-refractivity contribution >= 4 is 16.8 Å². The first-order chi connectivity index (χ1) is 12.6. The molecular weight excluding hydrogens is 330 g/mol. The van der Waals surface area contributed by atoms with Crippen molar-refractivity contribution in [2.45, 2.75) is 26.2 Å². The predicted octanol–water partition coefficient (Wildman–Crippen LogP) is 3.06. The minimum Gasteiger partial charge on any atom is -0.483 e. The summed E-state index contributed by atoms with van der Waals surface area (Å²) in [5, 5.41) is 0.443. The molecule has 0 aliphatic carbocycles. The largest absolute Gasteiger partial charge is 0.483 e. The summed E-state index contributed by atoms with van der Waals surface area (Å²) in [5.74, 6) is 0.589. The third kappa shape index (κ3) is 3.74. The summed E-state index contributed by atoms with van der Waals surface area (Å²) in [6, 6.07) is 14.7. The highest BCUT2D eigenvalue weighted by molar-refractivity contribution is 5.85. The van der Waals surface area contributed by atoms with Crippen molar-refractivity contribution in [2.75, 3.05) is 12.0 Å². The highest BCUT2D eigenvalue weighted by atomic mass is 16.5. The van der Waals surface area contributed by atoms with Gasteiger partial charge >= 0.3 is 0 Å². The summed E-state index contributed by atoms with van der Waals surface area (Å²) in [7, 11) is 0. The first kappa shape index (κ1) is 17.7. The smallest absolute Gasteiger partial charge is 0.280 e. The second-order valence-electron chi connectivity index (χ2n) is 6.11. The first-order valence-corrected chi connectivity index (χ1v) is 8.58. The lowest BCUT2D eigenvalue weighted by Crippen LogP contribution is -2.35. The monoisotopic (exact) mass is 351 g/mol. The second-order valence-corrected chi connectivity index (χ2v) is 6.11. The number of rotatable bonds is 6. The maximum atomic E-state index is 12.4. The van der Waals surface area contributed by atoms with Gasteiger partial charge < -0.3 is 4.74 Å². The Balaban J connectivity index is 1.71. The molecule has 2 aromatic carbocycles. The van der Waals surface area contributed by atoms with Gasteiger partial charge in [0.25, 0.3) is 11.5 Å². The van der Waals surface area contributed by atoms with Gasteiger partial charge in [0.2, 0.25) is 0 Å². The number of para-hydroxylation sites is 2. The third-order valence-corrected chi connectivity index (χ3v) is 4.33. The number of carbonyl (C=O) groups is 1. The predicted molar refractivity (Wildman–Crippen MR) is 101 cm³/mol. The number of carbonyl (C=O) groups excluding carboxylic acids is 1. The molecule has 3 aromatic rings. The molecule has 1 amide bonds. The van der Waals surface area contributed by atoms with Crippen LogP contribution >= 0.6 is 0 Å². The van der Waals surface area contributed by atoms with Crippen molar-refractivity contribution in [1.82, 2.24) is 9.66 Å². The highest BCUT2D eigenvalue weighted by Crippen LogP contribution is 2.28. The van der Waals surface area contributed by atoms with Gasteiger partial charge in [-0.05, 0) is 36.1 Å². The molecule has 6 nitrogen and oxygen atoms in total. The molecule has 0 bridgehead atoms. The van der Waals surface area contributed by atoms with E-state index in [9.17, 15) is 9.59 Å². The number of amides is 1. The molecule has 1 heterocycles. The van der Waals surface area contributed by atoms with Crippen molar-refractivity contribution < 1.29 is 9.53 Å². The molecule has 0 saturated heterocycles. The lowest BCUT2D eigenvalue weighted by molar-refractivity contribution is -0.119. The summed E-state index contributed by atoms with van der Waals surface area (Å²) in [6.07, 6.45) is 2.28. The SMILES string of the molecule is CCC(C)c1ccccc1OCC(=O)Nn1cnc2ccccc2c1=O. The fourth-order valence-corrected chi connectivity index (χ4v) is 2.70. The van der Waals surface area contributed by atoms with Crippen LogP contribution in [0.2, 0.25) is 0 Å². The molecule has 1 N–H and O–H groups in total. The molecular formula is C20H21N3O3. The van der Waals surface area contributed by atoms with Crippen molar-refractivity contribution in [1.29, 1.82) is 0 Å². The van der Waals surface area contributed by atoms with Crippen LogP contribution in [-0.4, -0.2) is 22.2 Å². The number of nitrogens with zero attached hydrogens (tertiary/aromatic N) is 2. The van der Waals surface area contributed by atoms with Gasteiger partial charge in [0, 0.05) is 0 Å². The molecule has 26 heavy (non-hydrogen) atoms. The molecule has 0 aliphatic rings. The minimum atomic E-state index is -0.428. The van der Waals surface area contributed by atoms with E-state index in [4.69, 9.17) is 4.74 Å². The van der Waals surface area contributed by atoms with Crippen LogP contribution in [0.15, 0.2) is 59.7 Å². The Hall–Kier alpha value is -3.15. The Morgan fingerprint density at radius 1 is 1.19 bits per heavy atom. The van der Waals surface area contributed by atoms with Crippen molar-refractivity contribution in [3.8, 4) is 5.75 Å². The van der Waals surface area contributed by atoms with E-state index in [1.54, 1.807) is 24.3 Å². The van der Waals surface area contributed by atoms with Crippen molar-refractivity contribution in [2.24, 2.45) is 0 Å². The van der Waals surface area contributed by atoms with Crippen LogP contribution < -0.4 is 15.7 Å². The van der Waals surface area contributed by atoms with Gasteiger partial charge in [-0.25, -0.2) is 9.66 Å². The van der Waals surface area contributed by atoms with E-state index in [0.717, 1.165) is 16.7 Å². The zero-order valence-electron chi connectivity index (χ0n) is 14.8. The average Bonchev–Trinajstić information content (AvgIpc) is 2.68. The average molecular weight is 351 g/mol. The Morgan fingerprint density at radius 2 is 1.92 bits per heavy atom. The molecule has 0 fully saturated rings. The topological polar surface area (TPSA) is 73.2 Å². The van der Waals surface area contributed by atoms with Crippen LogP contribution in [0.5, 0.6) is 5.75 Å². The normalized spacial score (nSPS) is 11.9. The number of hydrogen-bond acceptors (Lipinski definition) is 4. The number of nitrogens with one attached hydrogen (secondary N) is 1. The Bertz CT molecular complexity index is 981. The third-order valence-electron chi connectivity index (χ3n) is 4.33. The van der Waals surface area contributed by atoms with Crippen LogP contribution in [-0.2, 0) is 4.79 Å². The Kier molecular flexibility index (Phi) is 5.31. The van der Waals surface area contributed by atoms with Gasteiger partial charge in [0.15, 0.2) is 6.61 Å². The summed E-state index contributed by atoms with van der Waals surface area (Å²) in [5.41, 5.74) is 3.83. The molecule has 1 aromatic heterocycles. The van der Waals surface area contributed by atoms with E-state index < -0.39 is 5.91 Å². The van der Waals surface area contributed by atoms with Gasteiger partial charge in [-0.1, -0.05) is 44.2 Å². The van der Waals surface area contributed by atoms with Crippen LogP contribution in [0.25, 0.3) is 10.9 Å². The maximum absolute atomic E-state index is 12.4. The standard InChI is InChI=1S/C20H21N3O3/c1-3-14(2)15-8-5-7-11-18(15)26-12-19(24)22-23-13-21-17-10-6-4-9-16(17)20(23)25/h4-11,13-14H,3,12H2,1-2H3,(H,22,24). The van der Waals surface area contributed by atoms with Gasteiger partial charge in [0.1, 0.15) is 12.1 Å².